The molecule has 8 rings (SSSR count). The Kier molecular flexibility index (Phi) is 22.8. The third kappa shape index (κ3) is 18.4. The predicted octanol–water partition coefficient (Wildman–Crippen LogP) is 15.0. The summed E-state index contributed by atoms with van der Waals surface area (Å²) in [5, 5.41) is 17.8. The summed E-state index contributed by atoms with van der Waals surface area (Å²) in [5.41, 5.74) is 10.3. The van der Waals surface area contributed by atoms with E-state index in [1.54, 1.807) is 24.8 Å². The van der Waals surface area contributed by atoms with E-state index in [0.29, 0.717) is 83.6 Å². The maximum atomic E-state index is 13.2. The molecule has 0 aliphatic heterocycles. The van der Waals surface area contributed by atoms with E-state index in [1.165, 1.54) is 16.5 Å². The number of nitrogens with one attached hydrogen (secondary N) is 2. The molecule has 8 aromatic rings. The molecule has 0 radical (unpaired) electrons. The van der Waals surface area contributed by atoms with Crippen LogP contribution in [0.4, 0.5) is 0 Å². The molecule has 6 aromatic heterocycles. The Labute approximate surface area is 523 Å². The van der Waals surface area contributed by atoms with Crippen LogP contribution in [0.25, 0.3) is 55.5 Å². The Hall–Kier alpha value is -5.25. The number of hydrogen-bond acceptors (Lipinski definition) is 12. The first-order chi connectivity index (χ1) is 39.8. The van der Waals surface area contributed by atoms with E-state index in [4.69, 9.17) is 33.4 Å². The first-order valence-electron chi connectivity index (χ1n) is 30.1. The van der Waals surface area contributed by atoms with E-state index in [-0.39, 0.29) is 34.0 Å². The van der Waals surface area contributed by atoms with Crippen LogP contribution in [0.2, 0.25) is 87.6 Å². The molecule has 0 aliphatic carbocycles. The molecule has 470 valence electrons. The fourth-order valence-corrected chi connectivity index (χ4v) is 12.3. The van der Waals surface area contributed by atoms with E-state index in [1.807, 2.05) is 60.3 Å². The van der Waals surface area contributed by atoms with Crippen molar-refractivity contribution in [3.05, 3.63) is 93.7 Å². The van der Waals surface area contributed by atoms with Crippen LogP contribution in [0, 0.1) is 6.92 Å². The van der Waals surface area contributed by atoms with Crippen LogP contribution in [-0.4, -0.2) is 119 Å². The smallest absolute Gasteiger partial charge is 0.255 e. The second-order valence-electron chi connectivity index (χ2n) is 28.8. The van der Waals surface area contributed by atoms with Crippen LogP contribution in [0.3, 0.4) is 0 Å². The number of benzene rings is 2. The van der Waals surface area contributed by atoms with Crippen LogP contribution in [0.5, 0.6) is 0 Å². The van der Waals surface area contributed by atoms with Gasteiger partial charge in [-0.3, -0.25) is 19.0 Å². The largest absolute Gasteiger partial charge is 0.413 e. The Morgan fingerprint density at radius 2 is 1.02 bits per heavy atom. The normalized spacial score (nSPS) is 12.8. The average molecular weight is 1310 g/mol. The molecular weight excluding hydrogens is 1210 g/mol. The summed E-state index contributed by atoms with van der Waals surface area (Å²) in [7, 11) is -2.00. The number of aromatic nitrogens is 10. The lowest BCUT2D eigenvalue weighted by molar-refractivity contribution is 0.0886. The Morgan fingerprint density at radius 3 is 1.47 bits per heavy atom. The zero-order valence-electron chi connectivity index (χ0n) is 55.9. The SMILES string of the molecule is CC(C)NC(=O)c1cn(COCC[Si](C)(C)C)c2ncc(-c3nn(C)c4ccc(CO[Si](C)(C)C(C)(C)C)cc34)nc12.CC(C)NC(=O)c1cn(COCC[Si](C)(C)C)c2ncc(Br)nc12.Cc1nn(C)c2ccc(CO[Si](C)(C)C(C)(C)C)cc12. The van der Waals surface area contributed by atoms with Crippen molar-refractivity contribution >= 4 is 105 Å². The molecule has 2 N–H and O–H groups in total. The number of aryl methyl sites for hydroxylation is 3. The topological polar surface area (TPSA) is 192 Å². The number of amides is 2. The number of hydrogen-bond donors (Lipinski definition) is 2. The molecule has 0 saturated heterocycles. The van der Waals surface area contributed by atoms with Crippen LogP contribution < -0.4 is 10.6 Å². The van der Waals surface area contributed by atoms with Gasteiger partial charge in [0.1, 0.15) is 40.5 Å². The third-order valence-corrected chi connectivity index (χ3v) is 28.7. The van der Waals surface area contributed by atoms with Crippen LogP contribution in [0.1, 0.15) is 107 Å². The van der Waals surface area contributed by atoms with Crippen molar-refractivity contribution in [3.8, 4) is 11.4 Å². The number of rotatable bonds is 21. The molecule has 0 fully saturated rings. The van der Waals surface area contributed by atoms with Gasteiger partial charge in [-0.25, -0.2) is 19.9 Å². The molecular formula is C63H99BrN12O6Si4. The van der Waals surface area contributed by atoms with E-state index >= 15 is 0 Å². The minimum absolute atomic E-state index is 0.00766. The molecule has 0 atom stereocenters. The van der Waals surface area contributed by atoms with Gasteiger partial charge in [0.25, 0.3) is 11.8 Å². The highest BCUT2D eigenvalue weighted by Gasteiger charge is 2.38. The summed E-state index contributed by atoms with van der Waals surface area (Å²) in [6.45, 7) is 49.7. The average Bonchev–Trinajstić information content (AvgIpc) is 1.71. The van der Waals surface area contributed by atoms with Gasteiger partial charge in [0.05, 0.1) is 53.5 Å². The monoisotopic (exact) mass is 1310 g/mol. The maximum Gasteiger partial charge on any atom is 0.255 e. The fraction of sp³-hybridized carbons (Fsp3) is 0.556. The van der Waals surface area contributed by atoms with Gasteiger partial charge in [0, 0.05) is 78.7 Å². The van der Waals surface area contributed by atoms with Crippen molar-refractivity contribution in [2.24, 2.45) is 14.1 Å². The minimum atomic E-state index is -1.90. The number of halogens is 1. The fourth-order valence-electron chi connectivity index (χ4n) is 8.62. The molecule has 0 spiro atoms. The van der Waals surface area contributed by atoms with Gasteiger partial charge in [0.15, 0.2) is 27.9 Å². The predicted molar refractivity (Wildman–Crippen MR) is 365 cm³/mol. The number of carbonyl (C=O) groups is 2. The Bertz CT molecular complexity index is 3640. The van der Waals surface area contributed by atoms with Gasteiger partial charge < -0.3 is 38.1 Å². The van der Waals surface area contributed by atoms with Crippen LogP contribution in [-0.2, 0) is 59.1 Å². The summed E-state index contributed by atoms with van der Waals surface area (Å²) in [5.74, 6) is -0.332. The highest BCUT2D eigenvalue weighted by Crippen LogP contribution is 2.39. The van der Waals surface area contributed by atoms with Crippen molar-refractivity contribution in [1.82, 2.24) is 59.3 Å². The second-order valence-corrected chi connectivity index (χ2v) is 50.4. The highest BCUT2D eigenvalue weighted by atomic mass is 79.9. The first-order valence-corrected chi connectivity index (χ1v) is 44.1. The second kappa shape index (κ2) is 28.1. The zero-order chi connectivity index (χ0) is 64.1. The molecule has 0 saturated carbocycles. The summed E-state index contributed by atoms with van der Waals surface area (Å²) >= 11 is 3.32. The lowest BCUT2D eigenvalue weighted by Crippen LogP contribution is -2.40. The summed E-state index contributed by atoms with van der Waals surface area (Å²) in [6, 6.07) is 15.0. The molecule has 23 heteroatoms. The van der Waals surface area contributed by atoms with Gasteiger partial charge in [-0.05, 0) is 134 Å². The molecule has 86 heavy (non-hydrogen) atoms. The summed E-state index contributed by atoms with van der Waals surface area (Å²) in [4.78, 5) is 44.2. The first kappa shape index (κ1) is 69.8. The lowest BCUT2D eigenvalue weighted by atomic mass is 10.1. The maximum absolute atomic E-state index is 13.2. The van der Waals surface area contributed by atoms with Gasteiger partial charge in [-0.2, -0.15) is 10.2 Å². The Morgan fingerprint density at radius 1 is 0.605 bits per heavy atom. The van der Waals surface area contributed by atoms with Crippen LogP contribution in [0.15, 0.2) is 65.8 Å². The van der Waals surface area contributed by atoms with Crippen molar-refractivity contribution in [2.45, 2.75) is 203 Å². The van der Waals surface area contributed by atoms with E-state index in [2.05, 4.69) is 192 Å². The number of carbonyl (C=O) groups excluding carboxylic acids is 2. The molecule has 18 nitrogen and oxygen atoms in total. The molecule has 2 aromatic carbocycles. The number of fused-ring (bicyclic) bond motifs is 4. The van der Waals surface area contributed by atoms with E-state index in [0.717, 1.165) is 39.9 Å². The highest BCUT2D eigenvalue weighted by molar-refractivity contribution is 9.10. The van der Waals surface area contributed by atoms with Gasteiger partial charge in [-0.15, -0.1) is 0 Å². The lowest BCUT2D eigenvalue weighted by Gasteiger charge is -2.36. The Balaban J connectivity index is 0.000000227. The molecule has 0 unspecified atom stereocenters. The molecule has 2 amide bonds. The summed E-state index contributed by atoms with van der Waals surface area (Å²) in [6.07, 6.45) is 6.94. The van der Waals surface area contributed by atoms with Gasteiger partial charge in [-0.1, -0.05) is 93.0 Å². The van der Waals surface area contributed by atoms with Crippen molar-refractivity contribution in [1.29, 1.82) is 0 Å². The summed E-state index contributed by atoms with van der Waals surface area (Å²) < 4.78 is 32.7. The van der Waals surface area contributed by atoms with E-state index in [9.17, 15) is 9.59 Å². The van der Waals surface area contributed by atoms with Crippen molar-refractivity contribution in [2.75, 3.05) is 13.2 Å². The zero-order valence-corrected chi connectivity index (χ0v) is 61.5. The third-order valence-electron chi connectivity index (χ3n) is 16.0. The van der Waals surface area contributed by atoms with Gasteiger partial charge >= 0.3 is 0 Å². The quantitative estimate of drug-likeness (QED) is 0.0512. The molecule has 6 heterocycles. The van der Waals surface area contributed by atoms with Crippen molar-refractivity contribution < 1.29 is 27.9 Å². The standard InChI is InChI=1S/C31H48N6O3Si2.C16H25BrN4O2Si.C16H26N2OSi/c1-21(2)33-30(38)24-18-37(20-39-14-15-41(7,8)9)29-28(24)34-25(17-32-29)27-23-16-22(12-13-26(23)36(6)35-27)19-40-42(10,11)31(3,4)5;1-11(2)19-16(22)12-9-21(10-23-6-7-24(3,4)5)15-14(12)20-13(17)8-18-15;1-12-14-10-13(8-9-15(14)18(5)17-12)11-19-20(6,7)16(2,3)4/h12-13,16-18,21H,14-15,19-20H2,1-11H3,(H,33,38);8-9,11H,6-7,10H2,1-5H3,(H,19,22);8-10H,11H2,1-7H3. The van der Waals surface area contributed by atoms with E-state index < -0.39 is 32.8 Å². The minimum Gasteiger partial charge on any atom is -0.413 e. The molecule has 0 aliphatic rings. The molecule has 0 bridgehead atoms. The van der Waals surface area contributed by atoms with Gasteiger partial charge in [0.2, 0.25) is 0 Å². The number of nitrogens with zero attached hydrogens (tertiary/aromatic N) is 10. The van der Waals surface area contributed by atoms with Crippen LogP contribution >= 0.6 is 15.9 Å². The number of ether oxygens (including phenoxy) is 2. The van der Waals surface area contributed by atoms with Crippen molar-refractivity contribution in [3.63, 3.8) is 0 Å².